The van der Waals surface area contributed by atoms with Crippen molar-refractivity contribution >= 4 is 0 Å². The zero-order valence-electron chi connectivity index (χ0n) is 12.5. The second kappa shape index (κ2) is 5.74. The molecule has 3 rings (SSSR count). The normalized spacial score (nSPS) is 26.0. The highest BCUT2D eigenvalue weighted by molar-refractivity contribution is 5.30. The summed E-state index contributed by atoms with van der Waals surface area (Å²) < 4.78 is 11.3. The van der Waals surface area contributed by atoms with Crippen LogP contribution in [0.3, 0.4) is 0 Å². The Labute approximate surface area is 121 Å². The lowest BCUT2D eigenvalue weighted by atomic mass is 9.74. The van der Waals surface area contributed by atoms with E-state index in [2.05, 4.69) is 30.4 Å². The third-order valence-electron chi connectivity index (χ3n) is 4.84. The second-order valence-electron chi connectivity index (χ2n) is 6.24. The molecular formula is C17H25NO2. The quantitative estimate of drug-likeness (QED) is 0.913. The summed E-state index contributed by atoms with van der Waals surface area (Å²) in [7, 11) is 1.72. The number of hydrogen-bond donors (Lipinski definition) is 1. The maximum absolute atomic E-state index is 6.00. The summed E-state index contributed by atoms with van der Waals surface area (Å²) in [6, 6.07) is 9.27. The topological polar surface area (TPSA) is 30.5 Å². The summed E-state index contributed by atoms with van der Waals surface area (Å²) in [5, 5.41) is 3.77. The Morgan fingerprint density at radius 1 is 1.40 bits per heavy atom. The van der Waals surface area contributed by atoms with Crippen molar-refractivity contribution in [2.75, 3.05) is 13.7 Å². The number of ether oxygens (including phenoxy) is 2. The lowest BCUT2D eigenvalue weighted by molar-refractivity contribution is -0.136. The molecule has 3 nitrogen and oxygen atoms in total. The van der Waals surface area contributed by atoms with E-state index in [-0.39, 0.29) is 5.60 Å². The van der Waals surface area contributed by atoms with Crippen molar-refractivity contribution in [2.24, 2.45) is 0 Å². The van der Waals surface area contributed by atoms with Crippen molar-refractivity contribution in [3.8, 4) is 5.75 Å². The van der Waals surface area contributed by atoms with E-state index >= 15 is 0 Å². The molecule has 3 heteroatoms. The van der Waals surface area contributed by atoms with Gasteiger partial charge in [-0.3, -0.25) is 0 Å². The molecule has 1 aliphatic heterocycles. The highest BCUT2D eigenvalue weighted by Crippen LogP contribution is 2.42. The molecule has 2 fully saturated rings. The molecule has 1 aromatic carbocycles. The maximum Gasteiger partial charge on any atom is 0.119 e. The Morgan fingerprint density at radius 2 is 2.25 bits per heavy atom. The van der Waals surface area contributed by atoms with Crippen LogP contribution in [0.4, 0.5) is 0 Å². The van der Waals surface area contributed by atoms with Gasteiger partial charge < -0.3 is 14.8 Å². The minimum Gasteiger partial charge on any atom is -0.497 e. The smallest absolute Gasteiger partial charge is 0.119 e. The molecule has 0 amide bonds. The van der Waals surface area contributed by atoms with Gasteiger partial charge in [-0.05, 0) is 56.7 Å². The lowest BCUT2D eigenvalue weighted by Gasteiger charge is -2.47. The fourth-order valence-electron chi connectivity index (χ4n) is 3.45. The number of nitrogens with one attached hydrogen (secondary N) is 1. The van der Waals surface area contributed by atoms with Crippen molar-refractivity contribution in [2.45, 2.75) is 56.7 Å². The number of hydrogen-bond acceptors (Lipinski definition) is 3. The number of methoxy groups -OCH3 is 1. The third-order valence-corrected chi connectivity index (χ3v) is 4.84. The molecule has 0 bridgehead atoms. The Morgan fingerprint density at radius 3 is 2.95 bits per heavy atom. The molecule has 2 aliphatic rings. The molecule has 1 unspecified atom stereocenters. The summed E-state index contributed by atoms with van der Waals surface area (Å²) in [6.07, 6.45) is 6.12. The van der Waals surface area contributed by atoms with Crippen LogP contribution in [0.25, 0.3) is 0 Å². The van der Waals surface area contributed by atoms with Gasteiger partial charge in [0.15, 0.2) is 0 Å². The molecule has 1 saturated heterocycles. The molecule has 1 aromatic rings. The maximum atomic E-state index is 6.00. The van der Waals surface area contributed by atoms with Crippen LogP contribution in [0.2, 0.25) is 0 Å². The summed E-state index contributed by atoms with van der Waals surface area (Å²) in [5.41, 5.74) is 1.50. The summed E-state index contributed by atoms with van der Waals surface area (Å²) in [6.45, 7) is 3.14. The van der Waals surface area contributed by atoms with E-state index < -0.39 is 0 Å². The molecule has 0 aromatic heterocycles. The molecule has 110 valence electrons. The van der Waals surface area contributed by atoms with Gasteiger partial charge in [-0.2, -0.15) is 0 Å². The molecule has 0 radical (unpaired) electrons. The fourth-order valence-corrected chi connectivity index (χ4v) is 3.45. The Balaban J connectivity index is 1.61. The largest absolute Gasteiger partial charge is 0.497 e. The predicted octanol–water partition coefficient (Wildman–Crippen LogP) is 3.45. The zero-order chi connectivity index (χ0) is 14.0. The van der Waals surface area contributed by atoms with Gasteiger partial charge in [0.1, 0.15) is 5.75 Å². The Bertz CT molecular complexity index is 456. The first-order valence-electron chi connectivity index (χ1n) is 7.75. The van der Waals surface area contributed by atoms with Crippen LogP contribution < -0.4 is 10.1 Å². The van der Waals surface area contributed by atoms with Crippen LogP contribution in [0.1, 0.15) is 50.6 Å². The fraction of sp³-hybridized carbons (Fsp3) is 0.647. The first kappa shape index (κ1) is 13.9. The van der Waals surface area contributed by atoms with Gasteiger partial charge >= 0.3 is 0 Å². The Kier molecular flexibility index (Phi) is 3.99. The van der Waals surface area contributed by atoms with Gasteiger partial charge in [0, 0.05) is 18.7 Å². The first-order chi connectivity index (χ1) is 9.71. The van der Waals surface area contributed by atoms with Gasteiger partial charge in [0.05, 0.1) is 12.7 Å². The molecule has 20 heavy (non-hydrogen) atoms. The summed E-state index contributed by atoms with van der Waals surface area (Å²) in [4.78, 5) is 0. The SMILES string of the molecule is COc1cccc([C@@H](C)NC2CCOC3(CCC3)C2)c1. The van der Waals surface area contributed by atoms with Gasteiger partial charge in [-0.15, -0.1) is 0 Å². The Hall–Kier alpha value is -1.06. The highest BCUT2D eigenvalue weighted by Gasteiger charge is 2.42. The van der Waals surface area contributed by atoms with Crippen molar-refractivity contribution in [1.29, 1.82) is 0 Å². The van der Waals surface area contributed by atoms with Crippen LogP contribution in [-0.4, -0.2) is 25.4 Å². The summed E-state index contributed by atoms with van der Waals surface area (Å²) >= 11 is 0. The molecule has 2 atom stereocenters. The second-order valence-corrected chi connectivity index (χ2v) is 6.24. The van der Waals surface area contributed by atoms with E-state index in [4.69, 9.17) is 9.47 Å². The van der Waals surface area contributed by atoms with Crippen molar-refractivity contribution in [3.63, 3.8) is 0 Å². The van der Waals surface area contributed by atoms with Crippen LogP contribution in [-0.2, 0) is 4.74 Å². The molecule has 1 spiro atoms. The average molecular weight is 275 g/mol. The lowest BCUT2D eigenvalue weighted by Crippen LogP contribution is -2.51. The first-order valence-corrected chi connectivity index (χ1v) is 7.75. The number of rotatable bonds is 4. The van der Waals surface area contributed by atoms with E-state index in [0.717, 1.165) is 18.8 Å². The van der Waals surface area contributed by atoms with Gasteiger partial charge in [0.2, 0.25) is 0 Å². The third kappa shape index (κ3) is 2.84. The van der Waals surface area contributed by atoms with Crippen LogP contribution in [0.15, 0.2) is 24.3 Å². The molecule has 1 aliphatic carbocycles. The van der Waals surface area contributed by atoms with Crippen LogP contribution in [0.5, 0.6) is 5.75 Å². The average Bonchev–Trinajstić information content (AvgIpc) is 2.46. The van der Waals surface area contributed by atoms with Crippen LogP contribution in [0, 0.1) is 0 Å². The number of benzene rings is 1. The van der Waals surface area contributed by atoms with Gasteiger partial charge in [0.25, 0.3) is 0 Å². The minimum atomic E-state index is 0.212. The van der Waals surface area contributed by atoms with E-state index in [1.54, 1.807) is 7.11 Å². The molecular weight excluding hydrogens is 250 g/mol. The van der Waals surface area contributed by atoms with Crippen molar-refractivity contribution < 1.29 is 9.47 Å². The van der Waals surface area contributed by atoms with Gasteiger partial charge in [-0.1, -0.05) is 12.1 Å². The highest BCUT2D eigenvalue weighted by atomic mass is 16.5. The van der Waals surface area contributed by atoms with E-state index in [1.807, 2.05) is 6.07 Å². The molecule has 1 heterocycles. The van der Waals surface area contributed by atoms with E-state index in [9.17, 15) is 0 Å². The van der Waals surface area contributed by atoms with Crippen molar-refractivity contribution in [1.82, 2.24) is 5.32 Å². The zero-order valence-corrected chi connectivity index (χ0v) is 12.5. The summed E-state index contributed by atoms with van der Waals surface area (Å²) in [5.74, 6) is 0.929. The van der Waals surface area contributed by atoms with Crippen LogP contribution >= 0.6 is 0 Å². The standard InChI is InChI=1S/C17H25NO2/c1-13(14-5-3-6-16(11-14)19-2)18-15-7-10-20-17(12-15)8-4-9-17/h3,5-6,11,13,15,18H,4,7-10,12H2,1-2H3/t13-,15?/m1/s1. The monoisotopic (exact) mass is 275 g/mol. The predicted molar refractivity (Wildman–Crippen MR) is 80.1 cm³/mol. The van der Waals surface area contributed by atoms with E-state index in [1.165, 1.54) is 31.2 Å². The molecule has 1 N–H and O–H groups in total. The van der Waals surface area contributed by atoms with Gasteiger partial charge in [-0.25, -0.2) is 0 Å². The van der Waals surface area contributed by atoms with E-state index in [0.29, 0.717) is 12.1 Å². The molecule has 1 saturated carbocycles. The minimum absolute atomic E-state index is 0.212. The van der Waals surface area contributed by atoms with Crippen molar-refractivity contribution in [3.05, 3.63) is 29.8 Å².